The lowest BCUT2D eigenvalue weighted by atomic mass is 10.1. The van der Waals surface area contributed by atoms with Crippen LogP contribution in [-0.2, 0) is 15.3 Å². The van der Waals surface area contributed by atoms with Crippen molar-refractivity contribution in [3.8, 4) is 0 Å². The lowest BCUT2D eigenvalue weighted by molar-refractivity contribution is -0.124. The number of esters is 1. The van der Waals surface area contributed by atoms with E-state index >= 15 is 0 Å². The van der Waals surface area contributed by atoms with Gasteiger partial charge in [-0.1, -0.05) is 43.0 Å². The van der Waals surface area contributed by atoms with Crippen LogP contribution in [0.15, 0.2) is 52.9 Å². The molecule has 7 heteroatoms. The second-order valence-electron chi connectivity index (χ2n) is 6.39. The zero-order valence-corrected chi connectivity index (χ0v) is 17.4. The zero-order chi connectivity index (χ0) is 19.9. The van der Waals surface area contributed by atoms with E-state index in [1.807, 2.05) is 44.2 Å². The van der Waals surface area contributed by atoms with Crippen LogP contribution in [0.4, 0.5) is 0 Å². The summed E-state index contributed by atoms with van der Waals surface area (Å²) >= 11 is 3.35. The minimum atomic E-state index is -0.496. The summed E-state index contributed by atoms with van der Waals surface area (Å²) in [5.74, 6) is -0.0110. The van der Waals surface area contributed by atoms with Crippen LogP contribution in [0.3, 0.4) is 0 Å². The Hall–Kier alpha value is -2.38. The Labute approximate surface area is 172 Å². The fourth-order valence-corrected chi connectivity index (χ4v) is 4.45. The van der Waals surface area contributed by atoms with Gasteiger partial charge in [-0.2, -0.15) is 0 Å². The Morgan fingerprint density at radius 2 is 1.93 bits per heavy atom. The molecule has 5 nitrogen and oxygen atoms in total. The Kier molecular flexibility index (Phi) is 7.06. The van der Waals surface area contributed by atoms with E-state index in [9.17, 15) is 9.59 Å². The van der Waals surface area contributed by atoms with Gasteiger partial charge in [-0.05, 0) is 43.2 Å². The first-order chi connectivity index (χ1) is 13.5. The highest BCUT2D eigenvalue weighted by atomic mass is 32.2. The van der Waals surface area contributed by atoms with E-state index in [4.69, 9.17) is 4.74 Å². The van der Waals surface area contributed by atoms with Crippen LogP contribution in [0.5, 0.6) is 0 Å². The molecule has 0 unspecified atom stereocenters. The van der Waals surface area contributed by atoms with Gasteiger partial charge in [0.2, 0.25) is 0 Å². The average Bonchev–Trinajstić information content (AvgIpc) is 3.13. The van der Waals surface area contributed by atoms with Crippen LogP contribution in [-0.4, -0.2) is 29.5 Å². The molecule has 0 radical (unpaired) electrons. The van der Waals surface area contributed by atoms with E-state index in [1.165, 1.54) is 4.70 Å². The number of para-hydroxylation sites is 1. The van der Waals surface area contributed by atoms with E-state index in [-0.39, 0.29) is 18.6 Å². The van der Waals surface area contributed by atoms with Crippen molar-refractivity contribution in [3.05, 3.63) is 59.7 Å². The molecule has 0 spiro atoms. The molecule has 0 fully saturated rings. The van der Waals surface area contributed by atoms with Crippen molar-refractivity contribution in [1.82, 2.24) is 10.3 Å². The molecule has 0 aliphatic carbocycles. The van der Waals surface area contributed by atoms with Crippen molar-refractivity contribution in [2.24, 2.45) is 0 Å². The molecule has 0 saturated carbocycles. The van der Waals surface area contributed by atoms with Crippen molar-refractivity contribution in [1.29, 1.82) is 0 Å². The van der Waals surface area contributed by atoms with Gasteiger partial charge >= 0.3 is 5.97 Å². The maximum Gasteiger partial charge on any atom is 0.338 e. The summed E-state index contributed by atoms with van der Waals surface area (Å²) in [5.41, 5.74) is 2.55. The molecule has 1 aromatic heterocycles. The van der Waals surface area contributed by atoms with Crippen molar-refractivity contribution >= 4 is 45.2 Å². The van der Waals surface area contributed by atoms with Gasteiger partial charge in [-0.25, -0.2) is 9.78 Å². The number of nitrogens with zero attached hydrogens (tertiary/aromatic N) is 1. The minimum absolute atomic E-state index is 0.0680. The highest BCUT2D eigenvalue weighted by Crippen LogP contribution is 2.31. The van der Waals surface area contributed by atoms with Gasteiger partial charge in [-0.3, -0.25) is 4.79 Å². The number of fused-ring (bicyclic) bond motifs is 1. The van der Waals surface area contributed by atoms with E-state index < -0.39 is 5.97 Å². The van der Waals surface area contributed by atoms with Crippen molar-refractivity contribution in [3.63, 3.8) is 0 Å². The summed E-state index contributed by atoms with van der Waals surface area (Å²) in [5, 5.41) is 2.76. The highest BCUT2D eigenvalue weighted by Gasteiger charge is 2.12. The maximum atomic E-state index is 12.1. The summed E-state index contributed by atoms with van der Waals surface area (Å²) in [6, 6.07) is 15.4. The zero-order valence-electron chi connectivity index (χ0n) is 15.8. The molecule has 0 aliphatic rings. The van der Waals surface area contributed by atoms with Gasteiger partial charge in [0.05, 0.1) is 15.8 Å². The van der Waals surface area contributed by atoms with E-state index in [2.05, 4.69) is 16.4 Å². The van der Waals surface area contributed by atoms with Crippen LogP contribution in [0.25, 0.3) is 10.2 Å². The largest absolute Gasteiger partial charge is 0.452 e. The Morgan fingerprint density at radius 3 is 2.64 bits per heavy atom. The molecule has 1 heterocycles. The number of benzene rings is 2. The fourth-order valence-electron chi connectivity index (χ4n) is 2.43. The third kappa shape index (κ3) is 5.56. The predicted molar refractivity (Wildman–Crippen MR) is 114 cm³/mol. The summed E-state index contributed by atoms with van der Waals surface area (Å²) in [7, 11) is 0. The van der Waals surface area contributed by atoms with E-state index in [0.717, 1.165) is 27.6 Å². The lowest BCUT2D eigenvalue weighted by Gasteiger charge is -2.11. The summed E-state index contributed by atoms with van der Waals surface area (Å²) < 4.78 is 7.28. The molecule has 28 heavy (non-hydrogen) atoms. The van der Waals surface area contributed by atoms with Gasteiger partial charge in [-0.15, -0.1) is 11.3 Å². The Morgan fingerprint density at radius 1 is 1.18 bits per heavy atom. The van der Waals surface area contributed by atoms with Crippen LogP contribution in [0.1, 0.15) is 36.2 Å². The number of rotatable bonds is 8. The molecule has 1 amide bonds. The molecule has 3 aromatic rings. The number of thiazole rings is 1. The molecule has 146 valence electrons. The molecular weight excluding hydrogens is 392 g/mol. The van der Waals surface area contributed by atoms with Gasteiger partial charge < -0.3 is 10.1 Å². The van der Waals surface area contributed by atoms with Gasteiger partial charge in [0.25, 0.3) is 5.91 Å². The molecule has 3 rings (SSSR count). The molecule has 1 N–H and O–H groups in total. The second kappa shape index (κ2) is 9.71. The van der Waals surface area contributed by atoms with Crippen molar-refractivity contribution < 1.29 is 14.3 Å². The fraction of sp³-hybridized carbons (Fsp3) is 0.286. The number of hydrogen-bond donors (Lipinski definition) is 1. The maximum absolute atomic E-state index is 12.1. The minimum Gasteiger partial charge on any atom is -0.452 e. The number of carbonyl (C=O) groups excluding carboxylic acids is 2. The van der Waals surface area contributed by atoms with E-state index in [0.29, 0.717) is 5.56 Å². The normalized spacial score (nSPS) is 11.9. The molecule has 0 bridgehead atoms. The molecule has 0 saturated heterocycles. The summed E-state index contributed by atoms with van der Waals surface area (Å²) in [6.45, 7) is 3.62. The number of hydrogen-bond acceptors (Lipinski definition) is 6. The molecule has 0 aliphatic heterocycles. The first-order valence-electron chi connectivity index (χ1n) is 9.09. The number of ether oxygens (including phenoxy) is 1. The molecule has 1 atom stereocenters. The van der Waals surface area contributed by atoms with Gasteiger partial charge in [0.1, 0.15) is 0 Å². The van der Waals surface area contributed by atoms with Gasteiger partial charge in [0.15, 0.2) is 10.9 Å². The number of aromatic nitrogens is 1. The molecular formula is C21H22N2O3S2. The highest BCUT2D eigenvalue weighted by molar-refractivity contribution is 8.00. The number of carbonyl (C=O) groups is 2. The van der Waals surface area contributed by atoms with Crippen LogP contribution < -0.4 is 5.32 Å². The number of amides is 1. The number of nitrogens with one attached hydrogen (secondary N) is 1. The lowest BCUT2D eigenvalue weighted by Crippen LogP contribution is -2.35. The number of thioether (sulfide) groups is 1. The SMILES string of the molecule is CC[C@H](C)NC(=O)COC(=O)c1ccc(CSc2nc3ccccc3s2)cc1. The Bertz CT molecular complexity index is 921. The second-order valence-corrected chi connectivity index (χ2v) is 8.64. The van der Waals surface area contributed by atoms with Crippen LogP contribution >= 0.6 is 23.1 Å². The summed E-state index contributed by atoms with van der Waals surface area (Å²) in [6.07, 6.45) is 0.830. The van der Waals surface area contributed by atoms with Crippen molar-refractivity contribution in [2.45, 2.75) is 36.4 Å². The van der Waals surface area contributed by atoms with Crippen LogP contribution in [0.2, 0.25) is 0 Å². The first-order valence-corrected chi connectivity index (χ1v) is 10.9. The van der Waals surface area contributed by atoms with Gasteiger partial charge in [0, 0.05) is 11.8 Å². The van der Waals surface area contributed by atoms with Crippen molar-refractivity contribution in [2.75, 3.05) is 6.61 Å². The Balaban J connectivity index is 1.50. The predicted octanol–water partition coefficient (Wildman–Crippen LogP) is 4.66. The topological polar surface area (TPSA) is 68.3 Å². The average molecular weight is 415 g/mol. The third-order valence-electron chi connectivity index (χ3n) is 4.18. The monoisotopic (exact) mass is 414 g/mol. The molecule has 2 aromatic carbocycles. The third-order valence-corrected chi connectivity index (χ3v) is 6.43. The van der Waals surface area contributed by atoms with E-state index in [1.54, 1.807) is 35.2 Å². The smallest absolute Gasteiger partial charge is 0.338 e. The first kappa shape index (κ1) is 20.4. The summed E-state index contributed by atoms with van der Waals surface area (Å²) in [4.78, 5) is 28.4. The standard InChI is InChI=1S/C21H22N2O3S2/c1-3-14(2)22-19(24)12-26-20(25)16-10-8-15(9-11-16)13-27-21-23-17-6-4-5-7-18(17)28-21/h4-11,14H,3,12-13H2,1-2H3,(H,22,24)/t14-/m0/s1. The van der Waals surface area contributed by atoms with Crippen LogP contribution in [0, 0.1) is 0 Å². The quantitative estimate of drug-likeness (QED) is 0.429.